The molecule has 16 heavy (non-hydrogen) atoms. The summed E-state index contributed by atoms with van der Waals surface area (Å²) < 4.78 is 5.58. The number of benzene rings is 1. The second kappa shape index (κ2) is 3.86. The number of epoxide rings is 1. The van der Waals surface area contributed by atoms with Crippen molar-refractivity contribution in [2.24, 2.45) is 5.41 Å². The van der Waals surface area contributed by atoms with Gasteiger partial charge in [-0.2, -0.15) is 0 Å². The van der Waals surface area contributed by atoms with Crippen molar-refractivity contribution in [3.63, 3.8) is 0 Å². The monoisotopic (exact) mass is 220 g/mol. The van der Waals surface area contributed by atoms with E-state index in [2.05, 4.69) is 20.8 Å². The third-order valence-electron chi connectivity index (χ3n) is 3.11. The predicted molar refractivity (Wildman–Crippen MR) is 64.3 cm³/mol. The molecule has 0 aliphatic carbocycles. The summed E-state index contributed by atoms with van der Waals surface area (Å²) >= 11 is 0. The fourth-order valence-corrected chi connectivity index (χ4v) is 2.01. The van der Waals surface area contributed by atoms with E-state index < -0.39 is 6.10 Å². The van der Waals surface area contributed by atoms with Crippen LogP contribution < -0.4 is 0 Å². The van der Waals surface area contributed by atoms with Gasteiger partial charge in [-0.05, 0) is 17.9 Å². The normalized spacial score (nSPS) is 26.6. The lowest BCUT2D eigenvalue weighted by molar-refractivity contribution is 0.136. The Labute approximate surface area is 97.3 Å². The zero-order valence-electron chi connectivity index (χ0n) is 10.4. The van der Waals surface area contributed by atoms with E-state index in [0.717, 1.165) is 5.56 Å². The van der Waals surface area contributed by atoms with Crippen LogP contribution in [0.25, 0.3) is 0 Å². The van der Waals surface area contributed by atoms with Crippen LogP contribution in [-0.4, -0.2) is 17.3 Å². The number of hydrogen-bond donors (Lipinski definition) is 1. The molecule has 1 aromatic carbocycles. The van der Waals surface area contributed by atoms with E-state index >= 15 is 0 Å². The lowest BCUT2D eigenvalue weighted by Gasteiger charge is -2.16. The summed E-state index contributed by atoms with van der Waals surface area (Å²) in [5, 5.41) is 10.2. The van der Waals surface area contributed by atoms with Crippen LogP contribution in [0.5, 0.6) is 0 Å². The molecule has 1 heterocycles. The van der Waals surface area contributed by atoms with Gasteiger partial charge in [-0.15, -0.1) is 0 Å². The first-order valence-corrected chi connectivity index (χ1v) is 5.79. The van der Waals surface area contributed by atoms with Crippen molar-refractivity contribution in [3.05, 3.63) is 35.4 Å². The molecule has 3 atom stereocenters. The number of aliphatic hydroxyl groups is 1. The van der Waals surface area contributed by atoms with Gasteiger partial charge >= 0.3 is 0 Å². The Morgan fingerprint density at radius 2 is 1.75 bits per heavy atom. The van der Waals surface area contributed by atoms with E-state index in [4.69, 9.17) is 4.74 Å². The maximum atomic E-state index is 10.2. The molecule has 2 rings (SSSR count). The quantitative estimate of drug-likeness (QED) is 0.777. The zero-order chi connectivity index (χ0) is 11.9. The van der Waals surface area contributed by atoms with Crippen molar-refractivity contribution >= 4 is 0 Å². The third kappa shape index (κ3) is 2.28. The van der Waals surface area contributed by atoms with Gasteiger partial charge in [-0.25, -0.2) is 0 Å². The minimum absolute atomic E-state index is 0.0392. The Morgan fingerprint density at radius 3 is 2.19 bits per heavy atom. The summed E-state index contributed by atoms with van der Waals surface area (Å²) in [5.41, 5.74) is 2.26. The van der Waals surface area contributed by atoms with Gasteiger partial charge in [-0.3, -0.25) is 0 Å². The molecule has 88 valence electrons. The number of hydrogen-bond acceptors (Lipinski definition) is 2. The van der Waals surface area contributed by atoms with E-state index in [-0.39, 0.29) is 17.6 Å². The van der Waals surface area contributed by atoms with Crippen LogP contribution in [0.15, 0.2) is 24.3 Å². The molecule has 2 heteroatoms. The van der Waals surface area contributed by atoms with Crippen LogP contribution in [0.3, 0.4) is 0 Å². The Kier molecular flexibility index (Phi) is 2.81. The fourth-order valence-electron chi connectivity index (χ4n) is 2.01. The molecule has 1 aliphatic heterocycles. The predicted octanol–water partition coefficient (Wildman–Crippen LogP) is 2.84. The highest BCUT2D eigenvalue weighted by molar-refractivity contribution is 5.25. The number of aliphatic hydroxyl groups excluding tert-OH is 1. The Bertz CT molecular complexity index is 361. The van der Waals surface area contributed by atoms with Crippen molar-refractivity contribution in [1.29, 1.82) is 0 Å². The smallest absolute Gasteiger partial charge is 0.115 e. The molecule has 0 saturated carbocycles. The topological polar surface area (TPSA) is 32.8 Å². The van der Waals surface area contributed by atoms with Crippen LogP contribution in [0.4, 0.5) is 0 Å². The van der Waals surface area contributed by atoms with Gasteiger partial charge in [0.25, 0.3) is 0 Å². The first kappa shape index (κ1) is 11.6. The van der Waals surface area contributed by atoms with Crippen molar-refractivity contribution in [2.75, 3.05) is 0 Å². The molecule has 1 aromatic rings. The van der Waals surface area contributed by atoms with Gasteiger partial charge in [0.15, 0.2) is 0 Å². The van der Waals surface area contributed by atoms with E-state index in [0.29, 0.717) is 0 Å². The number of ether oxygens (including phenoxy) is 1. The van der Waals surface area contributed by atoms with Crippen LogP contribution in [-0.2, 0) is 4.74 Å². The summed E-state index contributed by atoms with van der Waals surface area (Å²) in [5.74, 6) is 0. The summed E-state index contributed by atoms with van der Waals surface area (Å²) in [7, 11) is 0. The van der Waals surface area contributed by atoms with Gasteiger partial charge in [0.1, 0.15) is 12.2 Å². The summed E-state index contributed by atoms with van der Waals surface area (Å²) in [6.45, 7) is 8.46. The Morgan fingerprint density at radius 1 is 1.19 bits per heavy atom. The summed E-state index contributed by atoms with van der Waals surface area (Å²) in [6.07, 6.45) is -0.365. The maximum Gasteiger partial charge on any atom is 0.115 e. The van der Waals surface area contributed by atoms with Crippen LogP contribution in [0, 0.1) is 12.3 Å². The fraction of sp³-hybridized carbons (Fsp3) is 0.571. The van der Waals surface area contributed by atoms with E-state index in [1.807, 2.05) is 31.2 Å². The van der Waals surface area contributed by atoms with Crippen molar-refractivity contribution in [1.82, 2.24) is 0 Å². The SMILES string of the molecule is Cc1ccc(C(O)C2OC2C(C)(C)C)cc1. The number of rotatable bonds is 2. The number of aryl methyl sites for hydroxylation is 1. The summed E-state index contributed by atoms with van der Waals surface area (Å²) in [6, 6.07) is 7.99. The molecule has 0 aromatic heterocycles. The molecule has 1 saturated heterocycles. The Hall–Kier alpha value is -0.860. The minimum Gasteiger partial charge on any atom is -0.386 e. The van der Waals surface area contributed by atoms with Crippen LogP contribution >= 0.6 is 0 Å². The highest BCUT2D eigenvalue weighted by Crippen LogP contribution is 2.44. The largest absolute Gasteiger partial charge is 0.386 e. The zero-order valence-corrected chi connectivity index (χ0v) is 10.4. The molecule has 2 nitrogen and oxygen atoms in total. The highest BCUT2D eigenvalue weighted by atomic mass is 16.6. The van der Waals surface area contributed by atoms with Gasteiger partial charge in [0.2, 0.25) is 0 Å². The van der Waals surface area contributed by atoms with Gasteiger partial charge in [0, 0.05) is 0 Å². The standard InChI is InChI=1S/C14H20O2/c1-9-5-7-10(8-6-9)11(15)12-13(16-12)14(2,3)4/h5-8,11-13,15H,1-4H3. The minimum atomic E-state index is -0.496. The molecule has 0 amide bonds. The second-order valence-corrected chi connectivity index (χ2v) is 5.74. The molecule has 3 unspecified atom stereocenters. The Balaban J connectivity index is 2.05. The summed E-state index contributed by atoms with van der Waals surface area (Å²) in [4.78, 5) is 0. The van der Waals surface area contributed by atoms with Crippen LogP contribution in [0.2, 0.25) is 0 Å². The first-order chi connectivity index (χ1) is 7.39. The van der Waals surface area contributed by atoms with Crippen molar-refractivity contribution in [3.8, 4) is 0 Å². The molecule has 0 bridgehead atoms. The maximum absolute atomic E-state index is 10.2. The van der Waals surface area contributed by atoms with Gasteiger partial charge in [0.05, 0.1) is 6.10 Å². The van der Waals surface area contributed by atoms with Gasteiger partial charge in [-0.1, -0.05) is 50.6 Å². The second-order valence-electron chi connectivity index (χ2n) is 5.74. The van der Waals surface area contributed by atoms with E-state index in [9.17, 15) is 5.11 Å². The molecule has 1 fully saturated rings. The molecule has 1 aliphatic rings. The average molecular weight is 220 g/mol. The first-order valence-electron chi connectivity index (χ1n) is 5.79. The lowest BCUT2D eigenvalue weighted by Crippen LogP contribution is -2.19. The molecule has 1 N–H and O–H groups in total. The molecular formula is C14H20O2. The third-order valence-corrected chi connectivity index (χ3v) is 3.11. The van der Waals surface area contributed by atoms with Crippen molar-refractivity contribution < 1.29 is 9.84 Å². The average Bonchev–Trinajstić information content (AvgIpc) is 2.96. The van der Waals surface area contributed by atoms with Crippen LogP contribution in [0.1, 0.15) is 38.0 Å². The van der Waals surface area contributed by atoms with Gasteiger partial charge < -0.3 is 9.84 Å². The van der Waals surface area contributed by atoms with Crippen molar-refractivity contribution in [2.45, 2.75) is 46.0 Å². The molecular weight excluding hydrogens is 200 g/mol. The highest BCUT2D eigenvalue weighted by Gasteiger charge is 2.51. The molecule has 0 spiro atoms. The van der Waals surface area contributed by atoms with E-state index in [1.54, 1.807) is 0 Å². The molecule has 0 radical (unpaired) electrons. The lowest BCUT2D eigenvalue weighted by atomic mass is 9.88. The van der Waals surface area contributed by atoms with E-state index in [1.165, 1.54) is 5.56 Å².